The molecule has 0 saturated heterocycles. The summed E-state index contributed by atoms with van der Waals surface area (Å²) < 4.78 is 0.959. The second-order valence-electron chi connectivity index (χ2n) is 5.27. The number of para-hydroxylation sites is 1. The largest absolute Gasteiger partial charge is 0.354 e. The third kappa shape index (κ3) is 3.61. The van der Waals surface area contributed by atoms with Crippen molar-refractivity contribution in [2.75, 3.05) is 10.6 Å². The number of hydrogen-bond acceptors (Lipinski definition) is 9. The summed E-state index contributed by atoms with van der Waals surface area (Å²) >= 11 is 7.18. The number of anilines is 4. The quantitative estimate of drug-likeness (QED) is 0.371. The van der Waals surface area contributed by atoms with Crippen LogP contribution in [0.4, 0.5) is 28.3 Å². The van der Waals surface area contributed by atoms with Gasteiger partial charge in [0.05, 0.1) is 20.2 Å². The van der Waals surface area contributed by atoms with E-state index in [0.717, 1.165) is 10.2 Å². The zero-order valence-corrected chi connectivity index (χ0v) is 15.0. The molecule has 3 aromatic heterocycles. The Morgan fingerprint density at radius 1 is 1.04 bits per heavy atom. The molecule has 0 spiro atoms. The molecule has 0 saturated carbocycles. The molecule has 9 nitrogen and oxygen atoms in total. The maximum absolute atomic E-state index is 11.6. The van der Waals surface area contributed by atoms with Gasteiger partial charge in [0.25, 0.3) is 0 Å². The van der Waals surface area contributed by atoms with E-state index < -0.39 is 4.92 Å². The van der Waals surface area contributed by atoms with Crippen LogP contribution < -0.4 is 10.6 Å². The molecule has 0 aliphatic heterocycles. The standard InChI is InChI=1S/C16H10ClN7O2S/c17-9-5-6-12(18-7-9)22-14-13(24(25)26)15(20-8-19-14)23-16-21-10-3-1-2-4-11(10)27-16/h1-8H,(H2,18,19,20,21,22,23). The summed E-state index contributed by atoms with van der Waals surface area (Å²) in [4.78, 5) is 27.5. The smallest absolute Gasteiger partial charge is 0.319 e. The number of nitro groups is 1. The maximum atomic E-state index is 11.6. The van der Waals surface area contributed by atoms with Crippen molar-refractivity contribution < 1.29 is 4.92 Å². The van der Waals surface area contributed by atoms with Crippen molar-refractivity contribution >= 4 is 61.4 Å². The predicted molar refractivity (Wildman–Crippen MR) is 104 cm³/mol. The Morgan fingerprint density at radius 3 is 2.52 bits per heavy atom. The molecule has 0 radical (unpaired) electrons. The van der Waals surface area contributed by atoms with Gasteiger partial charge in [-0.05, 0) is 24.3 Å². The van der Waals surface area contributed by atoms with E-state index in [-0.39, 0.29) is 17.3 Å². The van der Waals surface area contributed by atoms with E-state index in [0.29, 0.717) is 16.0 Å². The average Bonchev–Trinajstić information content (AvgIpc) is 3.06. The van der Waals surface area contributed by atoms with Gasteiger partial charge in [-0.2, -0.15) is 0 Å². The molecule has 0 amide bonds. The molecule has 2 N–H and O–H groups in total. The molecular formula is C16H10ClN7O2S. The molecule has 0 bridgehead atoms. The summed E-state index contributed by atoms with van der Waals surface area (Å²) in [6, 6.07) is 10.8. The number of pyridine rings is 1. The lowest BCUT2D eigenvalue weighted by molar-refractivity contribution is -0.383. The van der Waals surface area contributed by atoms with Crippen LogP contribution in [0.3, 0.4) is 0 Å². The van der Waals surface area contributed by atoms with Crippen molar-refractivity contribution in [3.05, 3.63) is 64.1 Å². The molecule has 27 heavy (non-hydrogen) atoms. The van der Waals surface area contributed by atoms with Gasteiger partial charge in [0.1, 0.15) is 12.1 Å². The topological polar surface area (TPSA) is 119 Å². The van der Waals surface area contributed by atoms with Crippen LogP contribution in [0.5, 0.6) is 0 Å². The first-order valence-corrected chi connectivity index (χ1v) is 8.80. The third-order valence-electron chi connectivity index (χ3n) is 3.50. The highest BCUT2D eigenvalue weighted by Gasteiger charge is 2.24. The number of nitrogens with zero attached hydrogens (tertiary/aromatic N) is 5. The molecule has 0 aliphatic carbocycles. The first-order chi connectivity index (χ1) is 13.1. The van der Waals surface area contributed by atoms with E-state index in [2.05, 4.69) is 30.6 Å². The van der Waals surface area contributed by atoms with Gasteiger partial charge >= 0.3 is 5.69 Å². The molecule has 1 aromatic carbocycles. The number of rotatable bonds is 5. The van der Waals surface area contributed by atoms with Crippen LogP contribution in [0.25, 0.3) is 10.2 Å². The molecule has 4 rings (SSSR count). The SMILES string of the molecule is O=[N+]([O-])c1c(Nc2ccc(Cl)cn2)ncnc1Nc1nc2ccccc2s1. The monoisotopic (exact) mass is 399 g/mol. The summed E-state index contributed by atoms with van der Waals surface area (Å²) in [5.41, 5.74) is 0.485. The highest BCUT2D eigenvalue weighted by atomic mass is 35.5. The highest BCUT2D eigenvalue weighted by molar-refractivity contribution is 7.22. The minimum Gasteiger partial charge on any atom is -0.319 e. The zero-order valence-electron chi connectivity index (χ0n) is 13.5. The Labute approximate surface area is 161 Å². The Morgan fingerprint density at radius 2 is 1.81 bits per heavy atom. The van der Waals surface area contributed by atoms with Gasteiger partial charge < -0.3 is 10.6 Å². The van der Waals surface area contributed by atoms with Gasteiger partial charge in [0.2, 0.25) is 11.6 Å². The molecule has 134 valence electrons. The van der Waals surface area contributed by atoms with E-state index in [1.807, 2.05) is 24.3 Å². The van der Waals surface area contributed by atoms with E-state index in [4.69, 9.17) is 11.6 Å². The van der Waals surface area contributed by atoms with Crippen LogP contribution in [-0.4, -0.2) is 24.9 Å². The molecule has 0 atom stereocenters. The van der Waals surface area contributed by atoms with Crippen molar-refractivity contribution in [3.8, 4) is 0 Å². The highest BCUT2D eigenvalue weighted by Crippen LogP contribution is 2.34. The Hall–Kier alpha value is -3.37. The number of thiazole rings is 1. The van der Waals surface area contributed by atoms with E-state index in [1.54, 1.807) is 12.1 Å². The lowest BCUT2D eigenvalue weighted by Crippen LogP contribution is -2.06. The number of aromatic nitrogens is 4. The molecule has 11 heteroatoms. The lowest BCUT2D eigenvalue weighted by Gasteiger charge is -2.08. The molecule has 0 unspecified atom stereocenters. The summed E-state index contributed by atoms with van der Waals surface area (Å²) in [6.45, 7) is 0. The molecule has 3 heterocycles. The normalized spacial score (nSPS) is 10.7. The van der Waals surface area contributed by atoms with Crippen LogP contribution in [0.2, 0.25) is 5.02 Å². The van der Waals surface area contributed by atoms with Crippen molar-refractivity contribution in [3.63, 3.8) is 0 Å². The second-order valence-corrected chi connectivity index (χ2v) is 6.74. The zero-order chi connectivity index (χ0) is 18.8. The molecule has 0 fully saturated rings. The lowest BCUT2D eigenvalue weighted by atomic mass is 10.3. The third-order valence-corrected chi connectivity index (χ3v) is 4.67. The fraction of sp³-hybridized carbons (Fsp3) is 0. The minimum atomic E-state index is -0.562. The molecule has 4 aromatic rings. The number of nitrogens with one attached hydrogen (secondary N) is 2. The van der Waals surface area contributed by atoms with Crippen molar-refractivity contribution in [1.82, 2.24) is 19.9 Å². The van der Waals surface area contributed by atoms with Crippen LogP contribution in [0.1, 0.15) is 0 Å². The van der Waals surface area contributed by atoms with Gasteiger partial charge in [-0.25, -0.2) is 19.9 Å². The van der Waals surface area contributed by atoms with Crippen LogP contribution in [0, 0.1) is 10.1 Å². The molecular weight excluding hydrogens is 390 g/mol. The minimum absolute atomic E-state index is 0.00781. The predicted octanol–water partition coefficient (Wildman–Crippen LogP) is 4.53. The van der Waals surface area contributed by atoms with Gasteiger partial charge in [0, 0.05) is 6.20 Å². The van der Waals surface area contributed by atoms with E-state index in [1.165, 1.54) is 23.9 Å². The Kier molecular flexibility index (Phi) is 4.48. The van der Waals surface area contributed by atoms with Crippen molar-refractivity contribution in [2.24, 2.45) is 0 Å². The van der Waals surface area contributed by atoms with E-state index in [9.17, 15) is 10.1 Å². The maximum Gasteiger partial charge on any atom is 0.354 e. The summed E-state index contributed by atoms with van der Waals surface area (Å²) in [5.74, 6) is 0.408. The van der Waals surface area contributed by atoms with Crippen molar-refractivity contribution in [1.29, 1.82) is 0 Å². The number of hydrogen-bond donors (Lipinski definition) is 2. The summed E-state index contributed by atoms with van der Waals surface area (Å²) in [7, 11) is 0. The first-order valence-electron chi connectivity index (χ1n) is 7.61. The Balaban J connectivity index is 1.69. The fourth-order valence-corrected chi connectivity index (χ4v) is 3.31. The van der Waals surface area contributed by atoms with Crippen LogP contribution >= 0.6 is 22.9 Å². The van der Waals surface area contributed by atoms with Crippen molar-refractivity contribution in [2.45, 2.75) is 0 Å². The second kappa shape index (κ2) is 7.09. The Bertz CT molecular complexity index is 1100. The van der Waals surface area contributed by atoms with Crippen LogP contribution in [0.15, 0.2) is 48.9 Å². The van der Waals surface area contributed by atoms with E-state index >= 15 is 0 Å². The number of fused-ring (bicyclic) bond motifs is 1. The van der Waals surface area contributed by atoms with Crippen LogP contribution in [-0.2, 0) is 0 Å². The first kappa shape index (κ1) is 17.1. The number of benzene rings is 1. The molecule has 0 aliphatic rings. The van der Waals surface area contributed by atoms with Gasteiger partial charge in [-0.3, -0.25) is 10.1 Å². The van der Waals surface area contributed by atoms with Gasteiger partial charge in [-0.1, -0.05) is 35.1 Å². The number of halogens is 1. The van der Waals surface area contributed by atoms with Gasteiger partial charge in [-0.15, -0.1) is 0 Å². The summed E-state index contributed by atoms with van der Waals surface area (Å²) in [6.07, 6.45) is 2.65. The summed E-state index contributed by atoms with van der Waals surface area (Å²) in [5, 5.41) is 18.3. The fourth-order valence-electron chi connectivity index (χ4n) is 2.33. The average molecular weight is 400 g/mol. The van der Waals surface area contributed by atoms with Gasteiger partial charge in [0.15, 0.2) is 5.13 Å².